The Morgan fingerprint density at radius 2 is 1.72 bits per heavy atom. The van der Waals surface area contributed by atoms with Crippen LogP contribution in [-0.2, 0) is 17.5 Å². The minimum absolute atomic E-state index is 0.662. The second kappa shape index (κ2) is 5.83. The highest BCUT2D eigenvalue weighted by Gasteiger charge is 2.07. The maximum absolute atomic E-state index is 12.1. The van der Waals surface area contributed by atoms with Gasteiger partial charge in [0.15, 0.2) is 0 Å². The van der Waals surface area contributed by atoms with E-state index >= 15 is 0 Å². The molecule has 94 valence electrons. The lowest BCUT2D eigenvalue weighted by Crippen LogP contribution is -2.02. The van der Waals surface area contributed by atoms with Crippen molar-refractivity contribution in [2.75, 3.05) is 0 Å². The Hall–Kier alpha value is -1.61. The molecule has 0 saturated heterocycles. The van der Waals surface area contributed by atoms with E-state index in [0.29, 0.717) is 10.6 Å². The van der Waals surface area contributed by atoms with Crippen LogP contribution in [0.4, 0.5) is 0 Å². The van der Waals surface area contributed by atoms with E-state index in [1.54, 1.807) is 0 Å². The Kier molecular flexibility index (Phi) is 4.15. The van der Waals surface area contributed by atoms with Crippen molar-refractivity contribution in [3.63, 3.8) is 0 Å². The van der Waals surface area contributed by atoms with E-state index in [-0.39, 0.29) is 0 Å². The smallest absolute Gasteiger partial charge is 0.240 e. The molecule has 2 rings (SSSR count). The first-order chi connectivity index (χ1) is 8.70. The number of para-hydroxylation sites is 1. The highest BCUT2D eigenvalue weighted by atomic mass is 32.2. The minimum atomic E-state index is -1.45. The van der Waals surface area contributed by atoms with E-state index in [1.807, 2.05) is 55.5 Å². The van der Waals surface area contributed by atoms with Crippen molar-refractivity contribution in [1.82, 2.24) is 0 Å². The molecule has 0 N–H and O–H groups in total. The lowest BCUT2D eigenvalue weighted by atomic mass is 10.2. The average Bonchev–Trinajstić information content (AvgIpc) is 2.41. The van der Waals surface area contributed by atoms with Gasteiger partial charge in [-0.15, -0.1) is 0 Å². The summed E-state index contributed by atoms with van der Waals surface area (Å²) in [6.45, 7) is 4.03. The van der Waals surface area contributed by atoms with Crippen molar-refractivity contribution in [3.8, 4) is 5.75 Å². The number of aryl methyl sites for hydroxylation is 2. The summed E-state index contributed by atoms with van der Waals surface area (Å²) >= 11 is -1.45. The van der Waals surface area contributed by atoms with Gasteiger partial charge in [0.05, 0.1) is 4.90 Å². The Balaban J connectivity index is 2.14. The zero-order valence-electron chi connectivity index (χ0n) is 10.6. The Labute approximate surface area is 110 Å². The van der Waals surface area contributed by atoms with Crippen LogP contribution in [0, 0.1) is 6.92 Å². The molecular weight excluding hydrogens is 244 g/mol. The summed E-state index contributed by atoms with van der Waals surface area (Å²) in [5.74, 6) is 0.662. The summed E-state index contributed by atoms with van der Waals surface area (Å²) in [7, 11) is 0. The Morgan fingerprint density at radius 1 is 1.06 bits per heavy atom. The fourth-order valence-electron chi connectivity index (χ4n) is 1.62. The molecule has 0 aliphatic carbocycles. The standard InChI is InChI=1S/C15H16O2S/c1-3-13-8-10-14(11-9-13)18(16)17-15-7-5-4-6-12(15)2/h4-11H,3H2,1-2H3. The van der Waals surface area contributed by atoms with Crippen LogP contribution in [-0.4, -0.2) is 4.21 Å². The van der Waals surface area contributed by atoms with Gasteiger partial charge >= 0.3 is 0 Å². The van der Waals surface area contributed by atoms with Crippen LogP contribution < -0.4 is 4.18 Å². The summed E-state index contributed by atoms with van der Waals surface area (Å²) in [5.41, 5.74) is 2.21. The van der Waals surface area contributed by atoms with Crippen LogP contribution in [0.25, 0.3) is 0 Å². The lowest BCUT2D eigenvalue weighted by molar-refractivity contribution is 0.559. The molecule has 0 radical (unpaired) electrons. The normalized spacial score (nSPS) is 12.1. The largest absolute Gasteiger partial charge is 0.397 e. The van der Waals surface area contributed by atoms with Crippen molar-refractivity contribution < 1.29 is 8.39 Å². The fourth-order valence-corrected chi connectivity index (χ4v) is 2.42. The van der Waals surface area contributed by atoms with Crippen LogP contribution in [0.3, 0.4) is 0 Å². The van der Waals surface area contributed by atoms with Gasteiger partial charge in [-0.3, -0.25) is 0 Å². The van der Waals surface area contributed by atoms with E-state index in [4.69, 9.17) is 4.18 Å². The second-order valence-electron chi connectivity index (χ2n) is 4.08. The van der Waals surface area contributed by atoms with E-state index in [0.717, 1.165) is 12.0 Å². The van der Waals surface area contributed by atoms with E-state index in [2.05, 4.69) is 6.92 Å². The van der Waals surface area contributed by atoms with Crippen molar-refractivity contribution in [2.45, 2.75) is 25.2 Å². The monoisotopic (exact) mass is 260 g/mol. The Bertz CT molecular complexity index is 547. The number of hydrogen-bond acceptors (Lipinski definition) is 2. The third kappa shape index (κ3) is 2.99. The van der Waals surface area contributed by atoms with Crippen LogP contribution in [0.15, 0.2) is 53.4 Å². The van der Waals surface area contributed by atoms with Gasteiger partial charge in [0.2, 0.25) is 11.1 Å². The van der Waals surface area contributed by atoms with Crippen molar-refractivity contribution in [1.29, 1.82) is 0 Å². The first kappa shape index (κ1) is 12.8. The van der Waals surface area contributed by atoms with E-state index < -0.39 is 11.1 Å². The topological polar surface area (TPSA) is 26.3 Å². The zero-order valence-corrected chi connectivity index (χ0v) is 11.4. The molecule has 0 aliphatic heterocycles. The highest BCUT2D eigenvalue weighted by molar-refractivity contribution is 7.80. The number of rotatable bonds is 4. The minimum Gasteiger partial charge on any atom is -0.397 e. The number of hydrogen-bond donors (Lipinski definition) is 0. The van der Waals surface area contributed by atoms with Crippen molar-refractivity contribution in [2.24, 2.45) is 0 Å². The van der Waals surface area contributed by atoms with Crippen LogP contribution in [0.5, 0.6) is 5.75 Å². The fraction of sp³-hybridized carbons (Fsp3) is 0.200. The van der Waals surface area contributed by atoms with Gasteiger partial charge in [-0.2, -0.15) is 0 Å². The van der Waals surface area contributed by atoms with E-state index in [9.17, 15) is 4.21 Å². The van der Waals surface area contributed by atoms with Gasteiger partial charge in [-0.1, -0.05) is 37.3 Å². The molecule has 0 bridgehead atoms. The molecule has 3 heteroatoms. The van der Waals surface area contributed by atoms with E-state index in [1.165, 1.54) is 5.56 Å². The van der Waals surface area contributed by atoms with Gasteiger partial charge in [0.25, 0.3) is 0 Å². The van der Waals surface area contributed by atoms with Gasteiger partial charge in [0, 0.05) is 0 Å². The molecule has 0 fully saturated rings. The van der Waals surface area contributed by atoms with Crippen LogP contribution >= 0.6 is 0 Å². The maximum Gasteiger partial charge on any atom is 0.240 e. The number of benzene rings is 2. The first-order valence-corrected chi connectivity index (χ1v) is 7.03. The Morgan fingerprint density at radius 3 is 2.33 bits per heavy atom. The SMILES string of the molecule is CCc1ccc(S(=O)Oc2ccccc2C)cc1. The average molecular weight is 260 g/mol. The molecule has 2 aromatic carbocycles. The van der Waals surface area contributed by atoms with Gasteiger partial charge < -0.3 is 4.18 Å². The van der Waals surface area contributed by atoms with Gasteiger partial charge in [0.1, 0.15) is 5.75 Å². The highest BCUT2D eigenvalue weighted by Crippen LogP contribution is 2.20. The molecule has 18 heavy (non-hydrogen) atoms. The van der Waals surface area contributed by atoms with Crippen LogP contribution in [0.1, 0.15) is 18.1 Å². The molecular formula is C15H16O2S. The molecule has 2 nitrogen and oxygen atoms in total. The lowest BCUT2D eigenvalue weighted by Gasteiger charge is -2.07. The van der Waals surface area contributed by atoms with Crippen LogP contribution in [0.2, 0.25) is 0 Å². The summed E-state index contributed by atoms with van der Waals surface area (Å²) in [5, 5.41) is 0. The predicted octanol–water partition coefficient (Wildman–Crippen LogP) is 3.66. The first-order valence-electron chi connectivity index (χ1n) is 5.95. The molecule has 2 aromatic rings. The molecule has 0 aromatic heterocycles. The molecule has 0 spiro atoms. The van der Waals surface area contributed by atoms with Crippen molar-refractivity contribution >= 4 is 11.1 Å². The third-order valence-corrected chi connectivity index (χ3v) is 3.77. The van der Waals surface area contributed by atoms with Gasteiger partial charge in [-0.05, 0) is 42.7 Å². The van der Waals surface area contributed by atoms with Crippen molar-refractivity contribution in [3.05, 3.63) is 59.7 Å². The summed E-state index contributed by atoms with van der Waals surface area (Å²) in [6.07, 6.45) is 0.978. The quantitative estimate of drug-likeness (QED) is 0.838. The zero-order chi connectivity index (χ0) is 13.0. The molecule has 0 heterocycles. The second-order valence-corrected chi connectivity index (χ2v) is 5.19. The molecule has 0 aliphatic rings. The van der Waals surface area contributed by atoms with Gasteiger partial charge in [-0.25, -0.2) is 4.21 Å². The molecule has 0 amide bonds. The maximum atomic E-state index is 12.1. The molecule has 0 saturated carbocycles. The summed E-state index contributed by atoms with van der Waals surface area (Å²) in [4.78, 5) is 0.690. The summed E-state index contributed by atoms with van der Waals surface area (Å²) in [6, 6.07) is 15.2. The third-order valence-electron chi connectivity index (χ3n) is 2.78. The predicted molar refractivity (Wildman–Crippen MR) is 74.0 cm³/mol. The molecule has 1 atom stereocenters. The molecule has 1 unspecified atom stereocenters. The summed E-state index contributed by atoms with van der Waals surface area (Å²) < 4.78 is 17.5.